The molecular formula is C19H17ClN2O2S. The number of carbonyl (C=O) groups excluding carboxylic acids is 1. The topological polar surface area (TPSA) is 51.2 Å². The van der Waals surface area contributed by atoms with Gasteiger partial charge in [-0.1, -0.05) is 48.0 Å². The van der Waals surface area contributed by atoms with Gasteiger partial charge in [0.15, 0.2) is 0 Å². The van der Waals surface area contributed by atoms with Crippen LogP contribution in [0, 0.1) is 0 Å². The number of halogens is 1. The number of carbonyl (C=O) groups is 1. The van der Waals surface area contributed by atoms with Crippen LogP contribution in [0.5, 0.6) is 5.75 Å². The highest BCUT2D eigenvalue weighted by Crippen LogP contribution is 2.20. The molecule has 1 atom stereocenters. The first-order chi connectivity index (χ1) is 12.1. The quantitative estimate of drug-likeness (QED) is 0.671. The number of nitrogens with zero attached hydrogens (tertiary/aromatic N) is 1. The lowest BCUT2D eigenvalue weighted by Gasteiger charge is -2.13. The fourth-order valence-electron chi connectivity index (χ4n) is 2.28. The van der Waals surface area contributed by atoms with E-state index in [1.807, 2.05) is 49.4 Å². The second-order valence-electron chi connectivity index (χ2n) is 5.48. The van der Waals surface area contributed by atoms with E-state index in [9.17, 15) is 4.79 Å². The first-order valence-electron chi connectivity index (χ1n) is 7.80. The molecule has 0 fully saturated rings. The first-order valence-corrected chi connectivity index (χ1v) is 9.06. The number of aromatic nitrogens is 1. The lowest BCUT2D eigenvalue weighted by molar-refractivity contribution is 0.0935. The third-order valence-corrected chi connectivity index (χ3v) is 4.65. The zero-order chi connectivity index (χ0) is 17.6. The van der Waals surface area contributed by atoms with Gasteiger partial charge in [-0.3, -0.25) is 4.79 Å². The number of thiazole rings is 1. The van der Waals surface area contributed by atoms with Crippen LogP contribution in [0.25, 0.3) is 0 Å². The number of benzene rings is 2. The minimum Gasteiger partial charge on any atom is -0.486 e. The summed E-state index contributed by atoms with van der Waals surface area (Å²) in [6.07, 6.45) is 0. The highest BCUT2D eigenvalue weighted by Gasteiger charge is 2.14. The van der Waals surface area contributed by atoms with Crippen LogP contribution in [0.4, 0.5) is 0 Å². The smallest absolute Gasteiger partial charge is 0.271 e. The number of hydrogen-bond acceptors (Lipinski definition) is 4. The summed E-state index contributed by atoms with van der Waals surface area (Å²) in [6, 6.07) is 16.9. The Morgan fingerprint density at radius 3 is 2.80 bits per heavy atom. The lowest BCUT2D eigenvalue weighted by atomic mass is 10.1. The second-order valence-corrected chi connectivity index (χ2v) is 6.86. The molecule has 1 N–H and O–H groups in total. The van der Waals surface area contributed by atoms with Crippen molar-refractivity contribution >= 4 is 28.8 Å². The molecule has 25 heavy (non-hydrogen) atoms. The fourth-order valence-corrected chi connectivity index (χ4v) is 3.14. The summed E-state index contributed by atoms with van der Waals surface area (Å²) in [6.45, 7) is 2.25. The maximum Gasteiger partial charge on any atom is 0.271 e. The molecule has 0 spiro atoms. The van der Waals surface area contributed by atoms with Crippen molar-refractivity contribution in [1.82, 2.24) is 10.3 Å². The fraction of sp³-hybridized carbons (Fsp3) is 0.158. The van der Waals surface area contributed by atoms with E-state index < -0.39 is 0 Å². The van der Waals surface area contributed by atoms with Gasteiger partial charge in [-0.2, -0.15) is 0 Å². The molecule has 0 aliphatic carbocycles. The van der Waals surface area contributed by atoms with Crippen molar-refractivity contribution in [1.29, 1.82) is 0 Å². The molecule has 3 rings (SSSR count). The third-order valence-electron chi connectivity index (χ3n) is 3.59. The van der Waals surface area contributed by atoms with Gasteiger partial charge in [0.2, 0.25) is 0 Å². The van der Waals surface area contributed by atoms with Gasteiger partial charge in [-0.15, -0.1) is 11.3 Å². The zero-order valence-electron chi connectivity index (χ0n) is 13.6. The Morgan fingerprint density at radius 1 is 1.24 bits per heavy atom. The Hall–Kier alpha value is -2.37. The molecule has 2 aromatic carbocycles. The Labute approximate surface area is 155 Å². The zero-order valence-corrected chi connectivity index (χ0v) is 15.2. The third kappa shape index (κ3) is 4.81. The monoisotopic (exact) mass is 372 g/mol. The van der Waals surface area contributed by atoms with E-state index in [0.29, 0.717) is 23.1 Å². The summed E-state index contributed by atoms with van der Waals surface area (Å²) in [5.74, 6) is 0.480. The molecule has 0 aliphatic heterocycles. The van der Waals surface area contributed by atoms with Crippen LogP contribution in [0.15, 0.2) is 60.0 Å². The Morgan fingerprint density at radius 2 is 2.04 bits per heavy atom. The van der Waals surface area contributed by atoms with E-state index in [2.05, 4.69) is 10.3 Å². The molecule has 0 unspecified atom stereocenters. The van der Waals surface area contributed by atoms with Crippen LogP contribution >= 0.6 is 22.9 Å². The van der Waals surface area contributed by atoms with Gasteiger partial charge in [-0.25, -0.2) is 4.98 Å². The maximum atomic E-state index is 12.3. The molecule has 0 aliphatic rings. The number of nitrogens with one attached hydrogen (secondary N) is 1. The molecule has 1 aromatic heterocycles. The SMILES string of the molecule is C[C@@H](NC(=O)c1csc(COc2cccc(Cl)c2)n1)c1ccccc1. The summed E-state index contributed by atoms with van der Waals surface area (Å²) in [5, 5.41) is 6.04. The highest BCUT2D eigenvalue weighted by atomic mass is 35.5. The first kappa shape index (κ1) is 17.5. The molecule has 0 saturated carbocycles. The minimum absolute atomic E-state index is 0.0819. The van der Waals surface area contributed by atoms with E-state index in [4.69, 9.17) is 16.3 Å². The van der Waals surface area contributed by atoms with Crippen molar-refractivity contribution in [2.24, 2.45) is 0 Å². The van der Waals surface area contributed by atoms with E-state index in [1.165, 1.54) is 11.3 Å². The van der Waals surface area contributed by atoms with Crippen LogP contribution in [0.3, 0.4) is 0 Å². The predicted molar refractivity (Wildman–Crippen MR) is 100 cm³/mol. The lowest BCUT2D eigenvalue weighted by Crippen LogP contribution is -2.26. The van der Waals surface area contributed by atoms with Gasteiger partial charge in [0.25, 0.3) is 5.91 Å². The molecule has 3 aromatic rings. The predicted octanol–water partition coefficient (Wildman–Crippen LogP) is 4.87. The van der Waals surface area contributed by atoms with Gasteiger partial charge in [-0.05, 0) is 30.7 Å². The van der Waals surface area contributed by atoms with E-state index in [0.717, 1.165) is 10.6 Å². The number of hydrogen-bond donors (Lipinski definition) is 1. The average Bonchev–Trinajstić information content (AvgIpc) is 3.10. The Balaban J connectivity index is 1.58. The summed E-state index contributed by atoms with van der Waals surface area (Å²) in [4.78, 5) is 16.7. The summed E-state index contributed by atoms with van der Waals surface area (Å²) >= 11 is 7.32. The van der Waals surface area contributed by atoms with Crippen molar-refractivity contribution < 1.29 is 9.53 Å². The van der Waals surface area contributed by atoms with E-state index in [-0.39, 0.29) is 11.9 Å². The van der Waals surface area contributed by atoms with Gasteiger partial charge in [0.1, 0.15) is 23.1 Å². The van der Waals surface area contributed by atoms with E-state index >= 15 is 0 Å². The summed E-state index contributed by atoms with van der Waals surface area (Å²) in [7, 11) is 0. The van der Waals surface area contributed by atoms with Crippen LogP contribution in [-0.2, 0) is 6.61 Å². The summed E-state index contributed by atoms with van der Waals surface area (Å²) < 4.78 is 5.65. The molecule has 0 radical (unpaired) electrons. The largest absolute Gasteiger partial charge is 0.486 e. The molecule has 1 amide bonds. The van der Waals surface area contributed by atoms with Crippen molar-refractivity contribution in [3.8, 4) is 5.75 Å². The van der Waals surface area contributed by atoms with Crippen molar-refractivity contribution in [2.45, 2.75) is 19.6 Å². The standard InChI is InChI=1S/C19H17ClN2O2S/c1-13(14-6-3-2-4-7-14)21-19(23)17-12-25-18(22-17)11-24-16-9-5-8-15(20)10-16/h2-10,12-13H,11H2,1H3,(H,21,23)/t13-/m1/s1. The number of amides is 1. The second kappa shape index (κ2) is 8.14. The van der Waals surface area contributed by atoms with Crippen LogP contribution in [0.1, 0.15) is 34.0 Å². The summed E-state index contributed by atoms with van der Waals surface area (Å²) in [5.41, 5.74) is 1.45. The van der Waals surface area contributed by atoms with Crippen LogP contribution in [-0.4, -0.2) is 10.9 Å². The average molecular weight is 373 g/mol. The van der Waals surface area contributed by atoms with Gasteiger partial charge in [0.05, 0.1) is 6.04 Å². The molecular weight excluding hydrogens is 356 g/mol. The van der Waals surface area contributed by atoms with Crippen molar-refractivity contribution in [2.75, 3.05) is 0 Å². The van der Waals surface area contributed by atoms with Crippen LogP contribution < -0.4 is 10.1 Å². The van der Waals surface area contributed by atoms with Gasteiger partial charge >= 0.3 is 0 Å². The number of rotatable bonds is 6. The molecule has 0 bridgehead atoms. The number of ether oxygens (including phenoxy) is 1. The molecule has 6 heteroatoms. The molecule has 0 saturated heterocycles. The Kier molecular flexibility index (Phi) is 5.68. The van der Waals surface area contributed by atoms with E-state index in [1.54, 1.807) is 17.5 Å². The van der Waals surface area contributed by atoms with Gasteiger partial charge < -0.3 is 10.1 Å². The highest BCUT2D eigenvalue weighted by molar-refractivity contribution is 7.09. The van der Waals surface area contributed by atoms with Crippen molar-refractivity contribution in [3.05, 3.63) is 81.3 Å². The van der Waals surface area contributed by atoms with Crippen molar-refractivity contribution in [3.63, 3.8) is 0 Å². The molecule has 128 valence electrons. The van der Waals surface area contributed by atoms with Gasteiger partial charge in [0, 0.05) is 10.4 Å². The maximum absolute atomic E-state index is 12.3. The Bertz CT molecular complexity index is 851. The molecule has 4 nitrogen and oxygen atoms in total. The molecule has 1 heterocycles. The normalized spacial score (nSPS) is 11.8. The minimum atomic E-state index is -0.193. The van der Waals surface area contributed by atoms with Crippen LogP contribution in [0.2, 0.25) is 5.02 Å².